The number of fused-ring (bicyclic) bond motifs is 3. The molecule has 1 aliphatic heterocycles. The minimum Gasteiger partial charge on any atom is -0.479 e. The van der Waals surface area contributed by atoms with Crippen molar-refractivity contribution in [2.24, 2.45) is 5.92 Å². The highest BCUT2D eigenvalue weighted by Gasteiger charge is 2.45. The number of aliphatic hydroxyl groups is 1. The van der Waals surface area contributed by atoms with Gasteiger partial charge in [-0.25, -0.2) is 9.59 Å². The van der Waals surface area contributed by atoms with Gasteiger partial charge in [0.15, 0.2) is 5.60 Å². The number of nitrogens with zero attached hydrogens (tertiary/aromatic N) is 1. The van der Waals surface area contributed by atoms with Gasteiger partial charge in [0.25, 0.3) is 0 Å². The molecule has 0 aromatic heterocycles. The van der Waals surface area contributed by atoms with Gasteiger partial charge in [-0.3, -0.25) is 4.79 Å². The molecule has 8 heteroatoms. The van der Waals surface area contributed by atoms with E-state index in [2.05, 4.69) is 29.6 Å². The normalized spacial score (nSPS) is 19.9. The largest absolute Gasteiger partial charge is 0.479 e. The molecule has 180 valence electrons. The zero-order chi connectivity index (χ0) is 24.3. The Morgan fingerprint density at radius 2 is 1.74 bits per heavy atom. The molecule has 1 aliphatic carbocycles. The van der Waals surface area contributed by atoms with Crippen LogP contribution in [-0.4, -0.2) is 64.9 Å². The van der Waals surface area contributed by atoms with Crippen LogP contribution < -0.4 is 5.32 Å². The van der Waals surface area contributed by atoms with Crippen molar-refractivity contribution in [2.75, 3.05) is 26.2 Å². The highest BCUT2D eigenvalue weighted by molar-refractivity contribution is 5.83. The predicted octanol–water partition coefficient (Wildman–Crippen LogP) is 2.99. The van der Waals surface area contributed by atoms with Crippen LogP contribution in [-0.2, 0) is 14.3 Å². The van der Waals surface area contributed by atoms with E-state index in [-0.39, 0.29) is 43.9 Å². The first kappa shape index (κ1) is 23.8. The standard InChI is InChI=1S/C26H30N2O6/c1-17(23(29)28-14-12-26(33,16-28)24(30)31)7-6-13-27-25(32)34-15-22-20-10-4-2-8-18(20)19-9-3-5-11-21(19)22/h2-5,8-11,17,22,33H,6-7,12-16H2,1H3,(H,27,32)(H,30,31). The first-order valence-electron chi connectivity index (χ1n) is 11.6. The fraction of sp³-hybridized carbons (Fsp3) is 0.423. The molecule has 3 N–H and O–H groups in total. The van der Waals surface area contributed by atoms with Crippen LogP contribution in [0.15, 0.2) is 48.5 Å². The number of hydrogen-bond donors (Lipinski definition) is 3. The number of likely N-dealkylation sites (tertiary alicyclic amines) is 1. The zero-order valence-electron chi connectivity index (χ0n) is 19.2. The van der Waals surface area contributed by atoms with Crippen LogP contribution in [0.4, 0.5) is 4.79 Å². The highest BCUT2D eigenvalue weighted by Crippen LogP contribution is 2.44. The van der Waals surface area contributed by atoms with Crippen LogP contribution in [0.5, 0.6) is 0 Å². The van der Waals surface area contributed by atoms with E-state index in [1.807, 2.05) is 24.3 Å². The van der Waals surface area contributed by atoms with E-state index in [1.54, 1.807) is 6.92 Å². The molecule has 2 aromatic carbocycles. The minimum atomic E-state index is -1.86. The first-order valence-corrected chi connectivity index (χ1v) is 11.6. The Morgan fingerprint density at radius 3 is 2.32 bits per heavy atom. The molecular weight excluding hydrogens is 436 g/mol. The second-order valence-corrected chi connectivity index (χ2v) is 9.14. The molecule has 4 rings (SSSR count). The van der Waals surface area contributed by atoms with Crippen molar-refractivity contribution in [3.05, 3.63) is 59.7 Å². The smallest absolute Gasteiger partial charge is 0.407 e. The van der Waals surface area contributed by atoms with Gasteiger partial charge in [0, 0.05) is 31.3 Å². The number of carbonyl (C=O) groups is 3. The van der Waals surface area contributed by atoms with Crippen molar-refractivity contribution in [1.29, 1.82) is 0 Å². The Bertz CT molecular complexity index is 1040. The second-order valence-electron chi connectivity index (χ2n) is 9.14. The van der Waals surface area contributed by atoms with Crippen molar-refractivity contribution >= 4 is 18.0 Å². The fourth-order valence-corrected chi connectivity index (χ4v) is 4.84. The molecule has 8 nitrogen and oxygen atoms in total. The molecule has 0 radical (unpaired) electrons. The number of β-amino-alcohol motifs (C(OH)–C–C–N with tert-alkyl or cyclic N) is 1. The number of alkyl carbamates (subject to hydrolysis) is 1. The molecule has 2 unspecified atom stereocenters. The second kappa shape index (κ2) is 9.85. The van der Waals surface area contributed by atoms with E-state index in [4.69, 9.17) is 9.84 Å². The molecule has 2 atom stereocenters. The number of ether oxygens (including phenoxy) is 1. The van der Waals surface area contributed by atoms with Crippen LogP contribution in [0.3, 0.4) is 0 Å². The van der Waals surface area contributed by atoms with Crippen LogP contribution in [0.25, 0.3) is 11.1 Å². The van der Waals surface area contributed by atoms with Gasteiger partial charge in [-0.1, -0.05) is 55.5 Å². The van der Waals surface area contributed by atoms with Crippen LogP contribution in [0.1, 0.15) is 43.2 Å². The number of aliphatic carboxylic acids is 1. The van der Waals surface area contributed by atoms with Gasteiger partial charge >= 0.3 is 12.1 Å². The molecule has 1 heterocycles. The number of benzene rings is 2. The summed E-state index contributed by atoms with van der Waals surface area (Å²) in [5.41, 5.74) is 2.79. The van der Waals surface area contributed by atoms with Gasteiger partial charge < -0.3 is 25.2 Å². The topological polar surface area (TPSA) is 116 Å². The van der Waals surface area contributed by atoms with E-state index in [1.165, 1.54) is 16.0 Å². The van der Waals surface area contributed by atoms with Gasteiger partial charge in [-0.15, -0.1) is 0 Å². The van der Waals surface area contributed by atoms with E-state index in [0.29, 0.717) is 19.4 Å². The average Bonchev–Trinajstić information content (AvgIpc) is 3.39. The zero-order valence-corrected chi connectivity index (χ0v) is 19.2. The molecule has 2 amide bonds. The Morgan fingerprint density at radius 1 is 1.12 bits per heavy atom. The maximum Gasteiger partial charge on any atom is 0.407 e. The third-order valence-corrected chi connectivity index (χ3v) is 6.81. The first-order chi connectivity index (χ1) is 16.3. The van der Waals surface area contributed by atoms with Crippen molar-refractivity contribution < 1.29 is 29.3 Å². The predicted molar refractivity (Wildman–Crippen MR) is 125 cm³/mol. The van der Waals surface area contributed by atoms with Gasteiger partial charge in [0.05, 0.1) is 6.54 Å². The van der Waals surface area contributed by atoms with Crippen LogP contribution in [0, 0.1) is 5.92 Å². The minimum absolute atomic E-state index is 0.000650. The molecular formula is C26H30N2O6. The molecule has 0 bridgehead atoms. The summed E-state index contributed by atoms with van der Waals surface area (Å²) in [5, 5.41) is 21.9. The Hall–Kier alpha value is -3.39. The van der Waals surface area contributed by atoms with Gasteiger partial charge in [0.1, 0.15) is 6.61 Å². The maximum absolute atomic E-state index is 12.5. The number of carboxylic acid groups (broad SMARTS) is 1. The molecule has 2 aliphatic rings. The lowest BCUT2D eigenvalue weighted by Crippen LogP contribution is -2.43. The van der Waals surface area contributed by atoms with Gasteiger partial charge in [-0.2, -0.15) is 0 Å². The van der Waals surface area contributed by atoms with Crippen molar-refractivity contribution in [3.8, 4) is 11.1 Å². The van der Waals surface area contributed by atoms with Crippen molar-refractivity contribution in [1.82, 2.24) is 10.2 Å². The Kier molecular flexibility index (Phi) is 6.88. The third kappa shape index (κ3) is 4.77. The molecule has 0 spiro atoms. The molecule has 2 aromatic rings. The molecule has 0 saturated carbocycles. The van der Waals surface area contributed by atoms with Crippen molar-refractivity contribution in [3.63, 3.8) is 0 Å². The van der Waals surface area contributed by atoms with E-state index < -0.39 is 17.7 Å². The summed E-state index contributed by atoms with van der Waals surface area (Å²) in [6, 6.07) is 16.3. The lowest BCUT2D eigenvalue weighted by atomic mass is 9.98. The molecule has 34 heavy (non-hydrogen) atoms. The summed E-state index contributed by atoms with van der Waals surface area (Å²) in [6.07, 6.45) is 0.648. The average molecular weight is 467 g/mol. The summed E-state index contributed by atoms with van der Waals surface area (Å²) >= 11 is 0. The van der Waals surface area contributed by atoms with Gasteiger partial charge in [-0.05, 0) is 35.1 Å². The van der Waals surface area contributed by atoms with Gasteiger partial charge in [0.2, 0.25) is 5.91 Å². The molecule has 1 fully saturated rings. The quantitative estimate of drug-likeness (QED) is 0.515. The Balaban J connectivity index is 1.20. The monoisotopic (exact) mass is 466 g/mol. The maximum atomic E-state index is 12.5. The lowest BCUT2D eigenvalue weighted by molar-refractivity contribution is -0.157. The number of rotatable bonds is 8. The van der Waals surface area contributed by atoms with Crippen LogP contribution >= 0.6 is 0 Å². The summed E-state index contributed by atoms with van der Waals surface area (Å²) in [4.78, 5) is 37.4. The number of nitrogens with one attached hydrogen (secondary N) is 1. The SMILES string of the molecule is CC(CCCNC(=O)OCC1c2ccccc2-c2ccccc21)C(=O)N1CCC(O)(C(=O)O)C1. The highest BCUT2D eigenvalue weighted by atomic mass is 16.5. The number of carbonyl (C=O) groups excluding carboxylic acids is 2. The fourth-order valence-electron chi connectivity index (χ4n) is 4.84. The Labute approximate surface area is 198 Å². The molecule has 1 saturated heterocycles. The lowest BCUT2D eigenvalue weighted by Gasteiger charge is -2.22. The summed E-state index contributed by atoms with van der Waals surface area (Å²) in [6.45, 7) is 2.42. The van der Waals surface area contributed by atoms with E-state index in [9.17, 15) is 19.5 Å². The summed E-state index contributed by atoms with van der Waals surface area (Å²) in [7, 11) is 0. The summed E-state index contributed by atoms with van der Waals surface area (Å²) < 4.78 is 5.51. The number of carboxylic acids is 1. The number of hydrogen-bond acceptors (Lipinski definition) is 5. The van der Waals surface area contributed by atoms with Crippen LogP contribution in [0.2, 0.25) is 0 Å². The number of amides is 2. The van der Waals surface area contributed by atoms with E-state index >= 15 is 0 Å². The summed E-state index contributed by atoms with van der Waals surface area (Å²) in [5.74, 6) is -1.82. The van der Waals surface area contributed by atoms with E-state index in [0.717, 1.165) is 11.1 Å². The third-order valence-electron chi connectivity index (χ3n) is 6.81. The van der Waals surface area contributed by atoms with Crippen molar-refractivity contribution in [2.45, 2.75) is 37.7 Å².